The van der Waals surface area contributed by atoms with Crippen LogP contribution in [0.15, 0.2) is 0 Å². The van der Waals surface area contributed by atoms with E-state index in [9.17, 15) is 4.39 Å². The van der Waals surface area contributed by atoms with Gasteiger partial charge in [0.2, 0.25) is 5.85 Å². The van der Waals surface area contributed by atoms with Crippen molar-refractivity contribution in [2.24, 2.45) is 0 Å². The first kappa shape index (κ1) is 10.9. The van der Waals surface area contributed by atoms with Crippen molar-refractivity contribution in [2.75, 3.05) is 19.7 Å². The molecule has 0 amide bonds. The van der Waals surface area contributed by atoms with Crippen LogP contribution >= 0.6 is 0 Å². The van der Waals surface area contributed by atoms with Crippen LogP contribution in [0.1, 0.15) is 33.6 Å². The number of halogens is 1. The smallest absolute Gasteiger partial charge is 0.221 e. The lowest BCUT2D eigenvalue weighted by Crippen LogP contribution is -2.42. The molecule has 13 heavy (non-hydrogen) atoms. The van der Waals surface area contributed by atoms with Crippen molar-refractivity contribution in [2.45, 2.75) is 45.5 Å². The molecule has 1 atom stereocenters. The third-order valence-corrected chi connectivity index (χ3v) is 2.65. The minimum Gasteiger partial charge on any atom is -0.345 e. The van der Waals surface area contributed by atoms with Crippen LogP contribution in [0.2, 0.25) is 0 Å². The molecule has 0 aromatic rings. The lowest BCUT2D eigenvalue weighted by molar-refractivity contribution is -0.148. The second kappa shape index (κ2) is 4.38. The van der Waals surface area contributed by atoms with E-state index in [1.165, 1.54) is 0 Å². The van der Waals surface area contributed by atoms with Gasteiger partial charge in [0.15, 0.2) is 0 Å². The van der Waals surface area contributed by atoms with E-state index in [1.807, 2.05) is 6.92 Å². The first-order valence-electron chi connectivity index (χ1n) is 5.14. The molecule has 2 nitrogen and oxygen atoms in total. The van der Waals surface area contributed by atoms with E-state index in [4.69, 9.17) is 4.74 Å². The molecule has 1 saturated heterocycles. The molecule has 1 aliphatic rings. The van der Waals surface area contributed by atoms with Gasteiger partial charge in [-0.3, -0.25) is 4.90 Å². The van der Waals surface area contributed by atoms with Gasteiger partial charge in [0, 0.05) is 19.0 Å². The Hall–Kier alpha value is -0.150. The van der Waals surface area contributed by atoms with Crippen LogP contribution < -0.4 is 0 Å². The Labute approximate surface area is 80.1 Å². The SMILES string of the molecule is CC[C@@]1(F)CN(C(C)C)CCCO1. The first-order chi connectivity index (χ1) is 6.07. The molecule has 1 fully saturated rings. The van der Waals surface area contributed by atoms with Crippen molar-refractivity contribution < 1.29 is 9.13 Å². The molecule has 0 unspecified atom stereocenters. The third kappa shape index (κ3) is 2.92. The summed E-state index contributed by atoms with van der Waals surface area (Å²) in [6.45, 7) is 7.95. The topological polar surface area (TPSA) is 12.5 Å². The first-order valence-corrected chi connectivity index (χ1v) is 5.14. The van der Waals surface area contributed by atoms with Crippen LogP contribution in [-0.2, 0) is 4.74 Å². The van der Waals surface area contributed by atoms with E-state index in [1.54, 1.807) is 0 Å². The summed E-state index contributed by atoms with van der Waals surface area (Å²) in [5.74, 6) is -1.42. The Bertz CT molecular complexity index is 163. The third-order valence-electron chi connectivity index (χ3n) is 2.65. The zero-order valence-electron chi connectivity index (χ0n) is 8.85. The van der Waals surface area contributed by atoms with Gasteiger partial charge in [-0.05, 0) is 20.3 Å². The highest BCUT2D eigenvalue weighted by molar-refractivity contribution is 4.77. The highest BCUT2D eigenvalue weighted by Crippen LogP contribution is 2.23. The van der Waals surface area contributed by atoms with Crippen molar-refractivity contribution in [1.82, 2.24) is 4.90 Å². The molecular formula is C10H20FNO. The molecule has 1 heterocycles. The van der Waals surface area contributed by atoms with Gasteiger partial charge in [0.1, 0.15) is 0 Å². The summed E-state index contributed by atoms with van der Waals surface area (Å²) in [6.07, 6.45) is 1.38. The van der Waals surface area contributed by atoms with E-state index in [-0.39, 0.29) is 0 Å². The largest absolute Gasteiger partial charge is 0.345 e. The maximum atomic E-state index is 13.9. The van der Waals surface area contributed by atoms with Crippen molar-refractivity contribution in [3.8, 4) is 0 Å². The molecule has 0 aromatic carbocycles. The quantitative estimate of drug-likeness (QED) is 0.660. The van der Waals surface area contributed by atoms with Crippen molar-refractivity contribution in [3.05, 3.63) is 0 Å². The lowest BCUT2D eigenvalue weighted by atomic mass is 10.2. The molecule has 0 bridgehead atoms. The number of alkyl halides is 1. The second-order valence-electron chi connectivity index (χ2n) is 4.00. The minimum absolute atomic E-state index is 0.406. The van der Waals surface area contributed by atoms with Crippen molar-refractivity contribution in [1.29, 1.82) is 0 Å². The van der Waals surface area contributed by atoms with E-state index < -0.39 is 5.85 Å². The zero-order valence-corrected chi connectivity index (χ0v) is 8.85. The van der Waals surface area contributed by atoms with Gasteiger partial charge < -0.3 is 4.74 Å². The van der Waals surface area contributed by atoms with Gasteiger partial charge in [0.25, 0.3) is 0 Å². The summed E-state index contributed by atoms with van der Waals surface area (Å²) in [6, 6.07) is 0.406. The summed E-state index contributed by atoms with van der Waals surface area (Å²) >= 11 is 0. The minimum atomic E-state index is -1.42. The Morgan fingerprint density at radius 3 is 2.77 bits per heavy atom. The van der Waals surface area contributed by atoms with E-state index >= 15 is 0 Å². The fourth-order valence-electron chi connectivity index (χ4n) is 1.61. The monoisotopic (exact) mass is 189 g/mol. The highest BCUT2D eigenvalue weighted by Gasteiger charge is 2.33. The Balaban J connectivity index is 2.59. The average Bonchev–Trinajstić information content (AvgIpc) is 2.28. The Kier molecular flexibility index (Phi) is 3.68. The molecule has 0 saturated carbocycles. The summed E-state index contributed by atoms with van der Waals surface area (Å²) in [4.78, 5) is 2.15. The Morgan fingerprint density at radius 1 is 1.54 bits per heavy atom. The number of hydrogen-bond donors (Lipinski definition) is 0. The fraction of sp³-hybridized carbons (Fsp3) is 1.00. The van der Waals surface area contributed by atoms with Crippen LogP contribution in [0.3, 0.4) is 0 Å². The molecule has 3 heteroatoms. The molecule has 1 aliphatic heterocycles. The summed E-state index contributed by atoms with van der Waals surface area (Å²) in [7, 11) is 0. The maximum absolute atomic E-state index is 13.9. The molecular weight excluding hydrogens is 169 g/mol. The summed E-state index contributed by atoms with van der Waals surface area (Å²) in [5.41, 5.74) is 0. The highest BCUT2D eigenvalue weighted by atomic mass is 19.2. The van der Waals surface area contributed by atoms with Crippen LogP contribution in [0.25, 0.3) is 0 Å². The molecule has 0 radical (unpaired) electrons. The molecule has 0 spiro atoms. The molecule has 0 N–H and O–H groups in total. The van der Waals surface area contributed by atoms with Crippen LogP contribution in [0.5, 0.6) is 0 Å². The number of rotatable bonds is 2. The van der Waals surface area contributed by atoms with Crippen molar-refractivity contribution in [3.63, 3.8) is 0 Å². The van der Waals surface area contributed by atoms with Gasteiger partial charge in [-0.25, -0.2) is 4.39 Å². The van der Waals surface area contributed by atoms with E-state index in [0.29, 0.717) is 25.6 Å². The van der Waals surface area contributed by atoms with Gasteiger partial charge >= 0.3 is 0 Å². The standard InChI is InChI=1S/C10H20FNO/c1-4-10(11)8-12(9(2)3)6-5-7-13-10/h9H,4-8H2,1-3H3/t10-/m0/s1. The molecule has 78 valence electrons. The van der Waals surface area contributed by atoms with Crippen LogP contribution in [0, 0.1) is 0 Å². The van der Waals surface area contributed by atoms with Gasteiger partial charge in [-0.2, -0.15) is 0 Å². The van der Waals surface area contributed by atoms with E-state index in [0.717, 1.165) is 13.0 Å². The molecule has 1 rings (SSSR count). The van der Waals surface area contributed by atoms with Gasteiger partial charge in [-0.1, -0.05) is 6.92 Å². The number of nitrogens with zero attached hydrogens (tertiary/aromatic N) is 1. The predicted molar refractivity (Wildman–Crippen MR) is 51.4 cm³/mol. The Morgan fingerprint density at radius 2 is 2.23 bits per heavy atom. The number of ether oxygens (including phenoxy) is 1. The predicted octanol–water partition coefficient (Wildman–Crippen LogP) is 2.19. The molecule has 0 aliphatic carbocycles. The maximum Gasteiger partial charge on any atom is 0.221 e. The summed E-state index contributed by atoms with van der Waals surface area (Å²) in [5, 5.41) is 0. The summed E-state index contributed by atoms with van der Waals surface area (Å²) < 4.78 is 19.1. The van der Waals surface area contributed by atoms with Crippen LogP contribution in [0.4, 0.5) is 4.39 Å². The average molecular weight is 189 g/mol. The fourth-order valence-corrected chi connectivity index (χ4v) is 1.61. The van der Waals surface area contributed by atoms with Crippen LogP contribution in [-0.4, -0.2) is 36.5 Å². The lowest BCUT2D eigenvalue weighted by Gasteiger charge is -2.30. The van der Waals surface area contributed by atoms with Gasteiger partial charge in [-0.15, -0.1) is 0 Å². The van der Waals surface area contributed by atoms with Crippen molar-refractivity contribution >= 4 is 0 Å². The second-order valence-corrected chi connectivity index (χ2v) is 4.00. The van der Waals surface area contributed by atoms with Gasteiger partial charge in [0.05, 0.1) is 13.2 Å². The number of hydrogen-bond acceptors (Lipinski definition) is 2. The normalized spacial score (nSPS) is 32.1. The zero-order chi connectivity index (χ0) is 9.90. The molecule has 0 aromatic heterocycles. The van der Waals surface area contributed by atoms with E-state index in [2.05, 4.69) is 18.7 Å².